The maximum atomic E-state index is 13.8. The summed E-state index contributed by atoms with van der Waals surface area (Å²) in [6.07, 6.45) is 0.467. The molecular formula is C15H18F2O3. The van der Waals surface area contributed by atoms with Gasteiger partial charge in [-0.25, -0.2) is 8.78 Å². The standard InChI is InChI=1S/C15H18F2O3/c1-3-20-12(18)5-4-10-8-9(2)14(19)13-11(10)6-7-15(13,16)17/h8,19H,3-7H2,1-2H3. The highest BCUT2D eigenvalue weighted by molar-refractivity contribution is 5.70. The maximum Gasteiger partial charge on any atom is 0.306 e. The predicted molar refractivity (Wildman–Crippen MR) is 70.0 cm³/mol. The van der Waals surface area contributed by atoms with Crippen LogP contribution < -0.4 is 0 Å². The van der Waals surface area contributed by atoms with E-state index in [0.717, 1.165) is 0 Å². The molecule has 3 nitrogen and oxygen atoms in total. The largest absolute Gasteiger partial charge is 0.507 e. The van der Waals surface area contributed by atoms with Crippen molar-refractivity contribution in [1.82, 2.24) is 0 Å². The van der Waals surface area contributed by atoms with Gasteiger partial charge in [-0.15, -0.1) is 0 Å². The highest BCUT2D eigenvalue weighted by Crippen LogP contribution is 2.48. The molecule has 0 saturated carbocycles. The first kappa shape index (κ1) is 14.8. The zero-order valence-corrected chi connectivity index (χ0v) is 11.6. The van der Waals surface area contributed by atoms with E-state index in [1.54, 1.807) is 19.9 Å². The van der Waals surface area contributed by atoms with Crippen molar-refractivity contribution in [2.24, 2.45) is 0 Å². The van der Waals surface area contributed by atoms with Crippen LogP contribution in [0.1, 0.15) is 42.0 Å². The van der Waals surface area contributed by atoms with Crippen molar-refractivity contribution in [1.29, 1.82) is 0 Å². The molecule has 1 aromatic carbocycles. The number of alkyl halides is 2. The number of esters is 1. The number of phenolic OH excluding ortho intramolecular Hbond substituents is 1. The van der Waals surface area contributed by atoms with Gasteiger partial charge in [-0.2, -0.15) is 0 Å². The lowest BCUT2D eigenvalue weighted by Crippen LogP contribution is -2.10. The van der Waals surface area contributed by atoms with Crippen LogP contribution in [0.5, 0.6) is 5.75 Å². The number of carbonyl (C=O) groups is 1. The number of hydrogen-bond acceptors (Lipinski definition) is 3. The van der Waals surface area contributed by atoms with E-state index in [9.17, 15) is 18.7 Å². The van der Waals surface area contributed by atoms with E-state index >= 15 is 0 Å². The van der Waals surface area contributed by atoms with Gasteiger partial charge in [-0.3, -0.25) is 4.79 Å². The number of ether oxygens (including phenoxy) is 1. The summed E-state index contributed by atoms with van der Waals surface area (Å²) < 4.78 is 32.5. The van der Waals surface area contributed by atoms with Crippen LogP contribution in [0.3, 0.4) is 0 Å². The van der Waals surface area contributed by atoms with E-state index in [2.05, 4.69) is 0 Å². The third kappa shape index (κ3) is 2.62. The Hall–Kier alpha value is -1.65. The SMILES string of the molecule is CCOC(=O)CCc1cc(C)c(O)c2c1CCC2(F)F. The highest BCUT2D eigenvalue weighted by Gasteiger charge is 2.43. The highest BCUT2D eigenvalue weighted by atomic mass is 19.3. The topological polar surface area (TPSA) is 46.5 Å². The molecule has 1 aromatic rings. The molecule has 5 heteroatoms. The molecule has 0 heterocycles. The maximum absolute atomic E-state index is 13.8. The summed E-state index contributed by atoms with van der Waals surface area (Å²) in [7, 11) is 0. The van der Waals surface area contributed by atoms with Crippen molar-refractivity contribution in [3.8, 4) is 5.75 Å². The minimum absolute atomic E-state index is 0.163. The van der Waals surface area contributed by atoms with Crippen molar-refractivity contribution in [2.75, 3.05) is 6.61 Å². The minimum atomic E-state index is -2.98. The number of halogens is 2. The number of aryl methyl sites for hydroxylation is 2. The normalized spacial score (nSPS) is 16.0. The molecule has 0 unspecified atom stereocenters. The molecule has 0 bridgehead atoms. The Morgan fingerprint density at radius 3 is 2.85 bits per heavy atom. The quantitative estimate of drug-likeness (QED) is 0.863. The number of fused-ring (bicyclic) bond motifs is 1. The fourth-order valence-corrected chi connectivity index (χ4v) is 2.70. The number of benzene rings is 1. The lowest BCUT2D eigenvalue weighted by Gasteiger charge is -2.16. The molecular weight excluding hydrogens is 266 g/mol. The second-order valence-corrected chi connectivity index (χ2v) is 5.06. The van der Waals surface area contributed by atoms with Gasteiger partial charge in [0, 0.05) is 12.8 Å². The summed E-state index contributed by atoms with van der Waals surface area (Å²) >= 11 is 0. The Labute approximate surface area is 116 Å². The van der Waals surface area contributed by atoms with Crippen molar-refractivity contribution in [3.05, 3.63) is 28.3 Å². The number of carbonyl (C=O) groups excluding carboxylic acids is 1. The van der Waals surface area contributed by atoms with E-state index < -0.39 is 5.92 Å². The average molecular weight is 284 g/mol. The summed E-state index contributed by atoms with van der Waals surface area (Å²) in [5.41, 5.74) is 1.36. The van der Waals surface area contributed by atoms with Gasteiger partial charge in [-0.05, 0) is 43.4 Å². The zero-order chi connectivity index (χ0) is 14.9. The molecule has 0 saturated heterocycles. The van der Waals surface area contributed by atoms with Crippen LogP contribution in [0.4, 0.5) is 8.78 Å². The van der Waals surface area contributed by atoms with Gasteiger partial charge < -0.3 is 9.84 Å². The molecule has 110 valence electrons. The first-order valence-corrected chi connectivity index (χ1v) is 6.75. The van der Waals surface area contributed by atoms with Gasteiger partial charge in [0.1, 0.15) is 5.75 Å². The molecule has 2 rings (SSSR count). The Kier molecular flexibility index (Phi) is 3.97. The zero-order valence-electron chi connectivity index (χ0n) is 11.6. The summed E-state index contributed by atoms with van der Waals surface area (Å²) in [5.74, 6) is -3.64. The first-order chi connectivity index (χ1) is 9.36. The number of phenols is 1. The van der Waals surface area contributed by atoms with E-state index in [1.165, 1.54) is 0 Å². The fraction of sp³-hybridized carbons (Fsp3) is 0.533. The van der Waals surface area contributed by atoms with Crippen LogP contribution in [0.25, 0.3) is 0 Å². The Balaban J connectivity index is 2.30. The van der Waals surface area contributed by atoms with Crippen LogP contribution in [0, 0.1) is 6.92 Å². The molecule has 0 atom stereocenters. The lowest BCUT2D eigenvalue weighted by atomic mass is 9.95. The summed E-state index contributed by atoms with van der Waals surface area (Å²) in [5, 5.41) is 9.87. The van der Waals surface area contributed by atoms with Gasteiger partial charge in [0.15, 0.2) is 0 Å². The van der Waals surface area contributed by atoms with Crippen LogP contribution in [0.2, 0.25) is 0 Å². The van der Waals surface area contributed by atoms with Gasteiger partial charge in [0.25, 0.3) is 5.92 Å². The van der Waals surface area contributed by atoms with Crippen molar-refractivity contribution >= 4 is 5.97 Å². The molecule has 0 amide bonds. The summed E-state index contributed by atoms with van der Waals surface area (Å²) in [4.78, 5) is 11.4. The van der Waals surface area contributed by atoms with Crippen LogP contribution in [0.15, 0.2) is 6.07 Å². The Morgan fingerprint density at radius 2 is 2.20 bits per heavy atom. The monoisotopic (exact) mass is 284 g/mol. The summed E-state index contributed by atoms with van der Waals surface area (Å²) in [6.45, 7) is 3.63. The predicted octanol–water partition coefficient (Wildman–Crippen LogP) is 3.23. The van der Waals surface area contributed by atoms with Crippen LogP contribution in [-0.4, -0.2) is 17.7 Å². The van der Waals surface area contributed by atoms with E-state index in [0.29, 0.717) is 29.7 Å². The van der Waals surface area contributed by atoms with Crippen molar-refractivity contribution in [3.63, 3.8) is 0 Å². The number of aromatic hydroxyl groups is 1. The molecule has 1 aliphatic rings. The second kappa shape index (κ2) is 5.38. The molecule has 0 radical (unpaired) electrons. The molecule has 0 aromatic heterocycles. The third-order valence-electron chi connectivity index (χ3n) is 3.65. The second-order valence-electron chi connectivity index (χ2n) is 5.06. The molecule has 0 fully saturated rings. The fourth-order valence-electron chi connectivity index (χ4n) is 2.70. The Bertz CT molecular complexity index is 538. The van der Waals surface area contributed by atoms with E-state index in [4.69, 9.17) is 4.74 Å². The number of hydrogen-bond donors (Lipinski definition) is 1. The van der Waals surface area contributed by atoms with Gasteiger partial charge in [0.2, 0.25) is 0 Å². The molecule has 1 N–H and O–H groups in total. The first-order valence-electron chi connectivity index (χ1n) is 6.75. The van der Waals surface area contributed by atoms with E-state index in [1.807, 2.05) is 0 Å². The van der Waals surface area contributed by atoms with Gasteiger partial charge in [-0.1, -0.05) is 6.07 Å². The smallest absolute Gasteiger partial charge is 0.306 e. The molecule has 20 heavy (non-hydrogen) atoms. The van der Waals surface area contributed by atoms with Gasteiger partial charge >= 0.3 is 5.97 Å². The van der Waals surface area contributed by atoms with Crippen molar-refractivity contribution < 1.29 is 23.4 Å². The van der Waals surface area contributed by atoms with Crippen molar-refractivity contribution in [2.45, 2.75) is 45.5 Å². The summed E-state index contributed by atoms with van der Waals surface area (Å²) in [6, 6.07) is 1.69. The molecule has 0 spiro atoms. The van der Waals surface area contributed by atoms with E-state index in [-0.39, 0.29) is 36.5 Å². The number of rotatable bonds is 4. The van der Waals surface area contributed by atoms with Crippen LogP contribution in [-0.2, 0) is 28.3 Å². The third-order valence-corrected chi connectivity index (χ3v) is 3.65. The van der Waals surface area contributed by atoms with Gasteiger partial charge in [0.05, 0.1) is 12.2 Å². The lowest BCUT2D eigenvalue weighted by molar-refractivity contribution is -0.143. The molecule has 1 aliphatic carbocycles. The van der Waals surface area contributed by atoms with Crippen LogP contribution >= 0.6 is 0 Å². The minimum Gasteiger partial charge on any atom is -0.507 e. The Morgan fingerprint density at radius 1 is 1.50 bits per heavy atom. The average Bonchev–Trinajstić information content (AvgIpc) is 2.69. The molecule has 0 aliphatic heterocycles.